The number of benzene rings is 2. The van der Waals surface area contributed by atoms with Crippen LogP contribution in [0.25, 0.3) is 10.8 Å². The quantitative estimate of drug-likeness (QED) is 0.776. The van der Waals surface area contributed by atoms with E-state index in [1.54, 1.807) is 0 Å². The molecule has 2 aromatic carbocycles. The molecule has 1 heteroatoms. The Bertz CT molecular complexity index is 610. The van der Waals surface area contributed by atoms with Crippen LogP contribution in [0.3, 0.4) is 0 Å². The molecular weight excluding hydrogens is 220 g/mol. The fourth-order valence-corrected chi connectivity index (χ4v) is 2.86. The molecule has 1 aliphatic carbocycles. The molecule has 0 N–H and O–H groups in total. The van der Waals surface area contributed by atoms with Gasteiger partial charge in [-0.15, -0.1) is 0 Å². The van der Waals surface area contributed by atoms with Gasteiger partial charge in [0.1, 0.15) is 5.78 Å². The predicted molar refractivity (Wildman–Crippen MR) is 75.0 cm³/mol. The smallest absolute Gasteiger partial charge is 0.137 e. The van der Waals surface area contributed by atoms with Crippen molar-refractivity contribution in [2.24, 2.45) is 0 Å². The van der Waals surface area contributed by atoms with E-state index in [-0.39, 0.29) is 0 Å². The summed E-state index contributed by atoms with van der Waals surface area (Å²) in [4.78, 5) is 11.5. The third-order valence-electron chi connectivity index (χ3n) is 3.82. The zero-order valence-electron chi connectivity index (χ0n) is 10.8. The summed E-state index contributed by atoms with van der Waals surface area (Å²) in [5.74, 6) is 0.381. The molecule has 0 aromatic heterocycles. The molecule has 0 heterocycles. The van der Waals surface area contributed by atoms with E-state index < -0.39 is 0 Å². The van der Waals surface area contributed by atoms with Crippen molar-refractivity contribution >= 4 is 16.6 Å². The van der Waals surface area contributed by atoms with Crippen molar-refractivity contribution in [2.75, 3.05) is 0 Å². The molecule has 0 saturated heterocycles. The Hall–Kier alpha value is -1.63. The van der Waals surface area contributed by atoms with Gasteiger partial charge in [-0.3, -0.25) is 4.79 Å². The van der Waals surface area contributed by atoms with Gasteiger partial charge in [0.15, 0.2) is 0 Å². The predicted octanol–water partition coefficient (Wildman–Crippen LogP) is 3.85. The lowest BCUT2D eigenvalue weighted by Crippen LogP contribution is -2.12. The SMILES string of the molecule is CCCc1ccc2cc3c(cc2c1)CC(=O)CC3. The lowest BCUT2D eigenvalue weighted by atomic mass is 9.88. The number of carbonyl (C=O) groups excluding carboxylic acids is 1. The van der Waals surface area contributed by atoms with Gasteiger partial charge in [-0.25, -0.2) is 0 Å². The van der Waals surface area contributed by atoms with Crippen molar-refractivity contribution in [3.05, 3.63) is 47.0 Å². The first-order chi connectivity index (χ1) is 8.76. The molecule has 0 aliphatic heterocycles. The largest absolute Gasteiger partial charge is 0.299 e. The average Bonchev–Trinajstić information content (AvgIpc) is 2.36. The van der Waals surface area contributed by atoms with Crippen molar-refractivity contribution in [3.63, 3.8) is 0 Å². The van der Waals surface area contributed by atoms with E-state index in [1.807, 2.05) is 0 Å². The molecule has 0 atom stereocenters. The molecule has 92 valence electrons. The third-order valence-corrected chi connectivity index (χ3v) is 3.82. The van der Waals surface area contributed by atoms with Crippen molar-refractivity contribution in [3.8, 4) is 0 Å². The van der Waals surface area contributed by atoms with E-state index in [9.17, 15) is 4.79 Å². The van der Waals surface area contributed by atoms with Crippen LogP contribution in [0.2, 0.25) is 0 Å². The van der Waals surface area contributed by atoms with Crippen LogP contribution < -0.4 is 0 Å². The molecule has 0 saturated carbocycles. The Labute approximate surface area is 108 Å². The van der Waals surface area contributed by atoms with E-state index >= 15 is 0 Å². The maximum Gasteiger partial charge on any atom is 0.137 e. The van der Waals surface area contributed by atoms with Crippen LogP contribution in [0.4, 0.5) is 0 Å². The van der Waals surface area contributed by atoms with Crippen LogP contribution in [0.1, 0.15) is 36.5 Å². The Morgan fingerprint density at radius 3 is 2.67 bits per heavy atom. The number of aryl methyl sites for hydroxylation is 2. The molecular formula is C17H18O. The summed E-state index contributed by atoms with van der Waals surface area (Å²) in [6.45, 7) is 2.20. The molecule has 18 heavy (non-hydrogen) atoms. The van der Waals surface area contributed by atoms with Crippen molar-refractivity contribution in [1.82, 2.24) is 0 Å². The molecule has 1 nitrogen and oxygen atoms in total. The van der Waals surface area contributed by atoms with Crippen molar-refractivity contribution in [1.29, 1.82) is 0 Å². The van der Waals surface area contributed by atoms with E-state index in [4.69, 9.17) is 0 Å². The number of carbonyl (C=O) groups is 1. The second kappa shape index (κ2) is 4.56. The van der Waals surface area contributed by atoms with Gasteiger partial charge in [0.05, 0.1) is 0 Å². The number of Topliss-reactive ketones (excluding diaryl/α,β-unsaturated/α-hetero) is 1. The lowest BCUT2D eigenvalue weighted by Gasteiger charge is -2.16. The molecule has 2 aromatic rings. The van der Waals surface area contributed by atoms with E-state index in [0.717, 1.165) is 12.8 Å². The topological polar surface area (TPSA) is 17.1 Å². The van der Waals surface area contributed by atoms with Crippen molar-refractivity contribution in [2.45, 2.75) is 39.0 Å². The van der Waals surface area contributed by atoms with E-state index in [1.165, 1.54) is 33.9 Å². The number of rotatable bonds is 2. The summed E-state index contributed by atoms with van der Waals surface area (Å²) >= 11 is 0. The fraction of sp³-hybridized carbons (Fsp3) is 0.353. The standard InChI is InChI=1S/C17H18O/c1-2-3-12-4-5-13-9-14-6-7-17(18)11-16(14)10-15(13)8-12/h4-5,8-10H,2-3,6-7,11H2,1H3. The highest BCUT2D eigenvalue weighted by molar-refractivity contribution is 5.89. The minimum Gasteiger partial charge on any atom is -0.299 e. The Morgan fingerprint density at radius 1 is 1.00 bits per heavy atom. The summed E-state index contributed by atoms with van der Waals surface area (Å²) in [7, 11) is 0. The Balaban J connectivity index is 2.10. The first-order valence-corrected chi connectivity index (χ1v) is 6.82. The second-order valence-corrected chi connectivity index (χ2v) is 5.27. The zero-order valence-corrected chi connectivity index (χ0v) is 10.8. The Morgan fingerprint density at radius 2 is 1.83 bits per heavy atom. The lowest BCUT2D eigenvalue weighted by molar-refractivity contribution is -0.118. The number of hydrogen-bond donors (Lipinski definition) is 0. The molecule has 0 fully saturated rings. The normalized spacial score (nSPS) is 14.8. The first kappa shape index (κ1) is 11.5. The maximum atomic E-state index is 11.5. The third kappa shape index (κ3) is 2.05. The number of fused-ring (bicyclic) bond motifs is 2. The Kier molecular flexibility index (Phi) is 2.91. The number of ketones is 1. The summed E-state index contributed by atoms with van der Waals surface area (Å²) in [6, 6.07) is 11.2. The highest BCUT2D eigenvalue weighted by Crippen LogP contribution is 2.26. The van der Waals surface area contributed by atoms with Gasteiger partial charge < -0.3 is 0 Å². The molecule has 1 aliphatic rings. The summed E-state index contributed by atoms with van der Waals surface area (Å²) in [6.07, 6.45) is 4.57. The van der Waals surface area contributed by atoms with Gasteiger partial charge >= 0.3 is 0 Å². The van der Waals surface area contributed by atoms with E-state index in [0.29, 0.717) is 18.6 Å². The summed E-state index contributed by atoms with van der Waals surface area (Å²) < 4.78 is 0. The summed E-state index contributed by atoms with van der Waals surface area (Å²) in [5, 5.41) is 2.59. The molecule has 0 bridgehead atoms. The van der Waals surface area contributed by atoms with Crippen LogP contribution in [-0.2, 0) is 24.1 Å². The molecule has 0 unspecified atom stereocenters. The van der Waals surface area contributed by atoms with Gasteiger partial charge in [0.2, 0.25) is 0 Å². The van der Waals surface area contributed by atoms with Crippen LogP contribution >= 0.6 is 0 Å². The van der Waals surface area contributed by atoms with Gasteiger partial charge in [-0.2, -0.15) is 0 Å². The fourth-order valence-electron chi connectivity index (χ4n) is 2.86. The van der Waals surface area contributed by atoms with Gasteiger partial charge in [0, 0.05) is 12.8 Å². The molecule has 3 rings (SSSR count). The first-order valence-electron chi connectivity index (χ1n) is 6.82. The molecule has 0 amide bonds. The van der Waals surface area contributed by atoms with Crippen LogP contribution in [0, 0.1) is 0 Å². The molecule has 0 spiro atoms. The van der Waals surface area contributed by atoms with E-state index in [2.05, 4.69) is 37.3 Å². The molecule has 0 radical (unpaired) electrons. The second-order valence-electron chi connectivity index (χ2n) is 5.27. The monoisotopic (exact) mass is 238 g/mol. The maximum absolute atomic E-state index is 11.5. The number of hydrogen-bond acceptors (Lipinski definition) is 1. The highest BCUT2D eigenvalue weighted by atomic mass is 16.1. The van der Waals surface area contributed by atoms with Gasteiger partial charge in [0.25, 0.3) is 0 Å². The minimum absolute atomic E-state index is 0.381. The van der Waals surface area contributed by atoms with Crippen molar-refractivity contribution < 1.29 is 4.79 Å². The van der Waals surface area contributed by atoms with Crippen LogP contribution in [0.15, 0.2) is 30.3 Å². The van der Waals surface area contributed by atoms with Gasteiger partial charge in [-0.1, -0.05) is 43.7 Å². The highest BCUT2D eigenvalue weighted by Gasteiger charge is 2.15. The average molecular weight is 238 g/mol. The van der Waals surface area contributed by atoms with Crippen LogP contribution in [-0.4, -0.2) is 5.78 Å². The minimum atomic E-state index is 0.381. The summed E-state index contributed by atoms with van der Waals surface area (Å²) in [5.41, 5.74) is 4.00. The zero-order chi connectivity index (χ0) is 12.5. The van der Waals surface area contributed by atoms with Crippen LogP contribution in [0.5, 0.6) is 0 Å². The van der Waals surface area contributed by atoms with Gasteiger partial charge in [-0.05, 0) is 40.3 Å².